The molecule has 0 heterocycles. The molecule has 0 spiro atoms. The minimum Gasteiger partial charge on any atom is -0.508 e. The zero-order chi connectivity index (χ0) is 20.3. The summed E-state index contributed by atoms with van der Waals surface area (Å²) >= 11 is 0. The molecule has 2 aromatic rings. The van der Waals surface area contributed by atoms with Crippen molar-refractivity contribution in [1.29, 1.82) is 0 Å². The maximum Gasteiger partial charge on any atom is 0.119 e. The second-order valence-electron chi connectivity index (χ2n) is 8.60. The average Bonchev–Trinajstić information content (AvgIpc) is 2.65. The number of aromatic hydroxyl groups is 2. The van der Waals surface area contributed by atoms with E-state index in [0.717, 1.165) is 35.1 Å². The van der Waals surface area contributed by atoms with Gasteiger partial charge in [-0.15, -0.1) is 0 Å². The van der Waals surface area contributed by atoms with E-state index in [0.29, 0.717) is 24.3 Å². The molecule has 28 heavy (non-hydrogen) atoms. The van der Waals surface area contributed by atoms with E-state index < -0.39 is 0 Å². The summed E-state index contributed by atoms with van der Waals surface area (Å²) < 4.78 is 0. The number of hydrogen-bond acceptors (Lipinski definition) is 2. The lowest BCUT2D eigenvalue weighted by Gasteiger charge is -2.39. The molecule has 0 radical (unpaired) electrons. The predicted octanol–water partition coefficient (Wildman–Crippen LogP) is 6.59. The summed E-state index contributed by atoms with van der Waals surface area (Å²) in [4.78, 5) is 0. The van der Waals surface area contributed by atoms with E-state index in [4.69, 9.17) is 0 Å². The Hall–Kier alpha value is -2.48. The summed E-state index contributed by atoms with van der Waals surface area (Å²) in [6, 6.07) is 12.2. The van der Waals surface area contributed by atoms with Gasteiger partial charge in [0.25, 0.3) is 0 Å². The van der Waals surface area contributed by atoms with Crippen molar-refractivity contribution in [3.63, 3.8) is 0 Å². The number of benzene rings is 2. The zero-order valence-corrected chi connectivity index (χ0v) is 17.2. The van der Waals surface area contributed by atoms with E-state index in [1.54, 1.807) is 0 Å². The molecule has 0 amide bonds. The van der Waals surface area contributed by atoms with Gasteiger partial charge in [-0.3, -0.25) is 0 Å². The highest BCUT2D eigenvalue weighted by molar-refractivity contribution is 5.49. The van der Waals surface area contributed by atoms with E-state index in [-0.39, 0.29) is 5.41 Å². The quantitative estimate of drug-likeness (QED) is 0.559. The van der Waals surface area contributed by atoms with Crippen molar-refractivity contribution in [2.24, 2.45) is 0 Å². The summed E-state index contributed by atoms with van der Waals surface area (Å²) in [5.41, 5.74) is 6.40. The third-order valence-corrected chi connectivity index (χ3v) is 5.96. The highest BCUT2D eigenvalue weighted by atomic mass is 16.3. The Labute approximate surface area is 169 Å². The number of phenols is 2. The largest absolute Gasteiger partial charge is 0.508 e. The Kier molecular flexibility index (Phi) is 5.98. The van der Waals surface area contributed by atoms with Gasteiger partial charge in [-0.05, 0) is 73.9 Å². The minimum atomic E-state index is -0.0761. The van der Waals surface area contributed by atoms with Crippen LogP contribution in [0.3, 0.4) is 0 Å². The lowest BCUT2D eigenvalue weighted by Crippen LogP contribution is -2.30. The van der Waals surface area contributed by atoms with Crippen LogP contribution in [0.2, 0.25) is 0 Å². The third-order valence-electron chi connectivity index (χ3n) is 5.96. The lowest BCUT2D eigenvalue weighted by atomic mass is 9.64. The van der Waals surface area contributed by atoms with Crippen molar-refractivity contribution >= 4 is 0 Å². The lowest BCUT2D eigenvalue weighted by molar-refractivity contribution is 0.344. The summed E-state index contributed by atoms with van der Waals surface area (Å²) in [6.07, 6.45) is 7.18. The Morgan fingerprint density at radius 3 is 1.61 bits per heavy atom. The molecule has 1 aliphatic carbocycles. The average molecular weight is 377 g/mol. The summed E-state index contributed by atoms with van der Waals surface area (Å²) in [5, 5.41) is 20.7. The first-order chi connectivity index (χ1) is 13.3. The van der Waals surface area contributed by atoms with E-state index in [1.807, 2.05) is 26.0 Å². The number of allylic oxidation sites excluding steroid dienone is 2. The third kappa shape index (κ3) is 4.16. The molecule has 148 valence electrons. The predicted molar refractivity (Wildman–Crippen MR) is 117 cm³/mol. The van der Waals surface area contributed by atoms with Crippen LogP contribution in [0.5, 0.6) is 11.5 Å². The van der Waals surface area contributed by atoms with Crippen LogP contribution in [-0.2, 0) is 18.3 Å². The molecule has 0 bridgehead atoms. The second kappa shape index (κ2) is 8.26. The zero-order valence-electron chi connectivity index (χ0n) is 17.2. The maximum absolute atomic E-state index is 10.3. The van der Waals surface area contributed by atoms with Crippen molar-refractivity contribution in [1.82, 2.24) is 0 Å². The molecule has 3 rings (SSSR count). The molecule has 0 atom stereocenters. The Balaban J connectivity index is 2.12. The van der Waals surface area contributed by atoms with Crippen molar-refractivity contribution in [3.8, 4) is 11.5 Å². The number of rotatable bonds is 6. The molecular weight excluding hydrogens is 344 g/mol. The molecule has 1 aliphatic rings. The maximum atomic E-state index is 10.3. The summed E-state index contributed by atoms with van der Waals surface area (Å²) in [5.74, 6) is 0.678. The highest BCUT2D eigenvalue weighted by Crippen LogP contribution is 2.46. The van der Waals surface area contributed by atoms with Crippen LogP contribution in [0.25, 0.3) is 0 Å². The topological polar surface area (TPSA) is 40.5 Å². The first-order valence-corrected chi connectivity index (χ1v) is 10.3. The first kappa shape index (κ1) is 20.3. The fraction of sp³-hybridized carbons (Fsp3) is 0.385. The minimum absolute atomic E-state index is 0.0761. The Morgan fingerprint density at radius 2 is 1.21 bits per heavy atom. The molecule has 0 saturated heterocycles. The fourth-order valence-corrected chi connectivity index (χ4v) is 4.60. The molecule has 2 N–H and O–H groups in total. The molecule has 2 nitrogen and oxygen atoms in total. The first-order valence-electron chi connectivity index (χ1n) is 10.3. The van der Waals surface area contributed by atoms with E-state index >= 15 is 0 Å². The molecule has 1 fully saturated rings. The van der Waals surface area contributed by atoms with Crippen LogP contribution in [0, 0.1) is 0 Å². The Bertz CT molecular complexity index is 818. The van der Waals surface area contributed by atoms with Gasteiger partial charge < -0.3 is 10.2 Å². The Morgan fingerprint density at radius 1 is 0.786 bits per heavy atom. The standard InChI is InChI=1S/C26H32O2/c1-18(2)14-20-16-22(8-10-24(20)27)26(12-6-5-7-13-26)23-9-11-25(28)21(17-23)15-19(3)4/h8-11,16-17,27-28H,1,3,5-7,12-15H2,2,4H3. The fourth-order valence-electron chi connectivity index (χ4n) is 4.60. The number of phenolic OH excluding ortho intramolecular Hbond substituents is 2. The van der Waals surface area contributed by atoms with Crippen molar-refractivity contribution in [2.75, 3.05) is 0 Å². The second-order valence-corrected chi connectivity index (χ2v) is 8.60. The van der Waals surface area contributed by atoms with Gasteiger partial charge in [-0.1, -0.05) is 67.8 Å². The molecule has 0 unspecified atom stereocenters. The van der Waals surface area contributed by atoms with Crippen LogP contribution in [0.1, 0.15) is 68.2 Å². The highest BCUT2D eigenvalue weighted by Gasteiger charge is 2.36. The monoisotopic (exact) mass is 376 g/mol. The van der Waals surface area contributed by atoms with Crippen LogP contribution < -0.4 is 0 Å². The van der Waals surface area contributed by atoms with Gasteiger partial charge in [0, 0.05) is 5.41 Å². The van der Waals surface area contributed by atoms with Gasteiger partial charge in [0.15, 0.2) is 0 Å². The summed E-state index contributed by atoms with van der Waals surface area (Å²) in [6.45, 7) is 12.0. The van der Waals surface area contributed by atoms with Crippen LogP contribution >= 0.6 is 0 Å². The van der Waals surface area contributed by atoms with Gasteiger partial charge in [0.05, 0.1) is 0 Å². The molecule has 1 saturated carbocycles. The normalized spacial score (nSPS) is 15.9. The van der Waals surface area contributed by atoms with Crippen molar-refractivity contribution < 1.29 is 10.2 Å². The van der Waals surface area contributed by atoms with Gasteiger partial charge >= 0.3 is 0 Å². The molecule has 0 aliphatic heterocycles. The van der Waals surface area contributed by atoms with E-state index in [9.17, 15) is 10.2 Å². The smallest absolute Gasteiger partial charge is 0.119 e. The van der Waals surface area contributed by atoms with Crippen LogP contribution in [-0.4, -0.2) is 10.2 Å². The van der Waals surface area contributed by atoms with Crippen molar-refractivity contribution in [3.05, 3.63) is 83.0 Å². The number of hydrogen-bond donors (Lipinski definition) is 2. The van der Waals surface area contributed by atoms with Gasteiger partial charge in [-0.2, -0.15) is 0 Å². The van der Waals surface area contributed by atoms with E-state index in [1.165, 1.54) is 30.4 Å². The van der Waals surface area contributed by atoms with Gasteiger partial charge in [-0.25, -0.2) is 0 Å². The van der Waals surface area contributed by atoms with Gasteiger partial charge in [0.2, 0.25) is 0 Å². The summed E-state index contributed by atoms with van der Waals surface area (Å²) in [7, 11) is 0. The van der Waals surface area contributed by atoms with Crippen LogP contribution in [0.15, 0.2) is 60.7 Å². The van der Waals surface area contributed by atoms with Crippen LogP contribution in [0.4, 0.5) is 0 Å². The molecule has 2 aromatic carbocycles. The van der Waals surface area contributed by atoms with Crippen molar-refractivity contribution in [2.45, 2.75) is 64.2 Å². The van der Waals surface area contributed by atoms with Gasteiger partial charge in [0.1, 0.15) is 11.5 Å². The SMILES string of the molecule is C=C(C)Cc1cc(C2(c3ccc(O)c(CC(=C)C)c3)CCCCC2)ccc1O. The molecule has 2 heteroatoms. The molecule has 0 aromatic heterocycles. The molecular formula is C26H32O2. The van der Waals surface area contributed by atoms with E-state index in [2.05, 4.69) is 37.4 Å².